The van der Waals surface area contributed by atoms with E-state index < -0.39 is 5.97 Å². The zero-order valence-electron chi connectivity index (χ0n) is 13.4. The average molecular weight is 324 g/mol. The summed E-state index contributed by atoms with van der Waals surface area (Å²) in [7, 11) is 1.55. The van der Waals surface area contributed by atoms with E-state index >= 15 is 0 Å². The summed E-state index contributed by atoms with van der Waals surface area (Å²) in [4.78, 5) is 28.4. The van der Waals surface area contributed by atoms with Crippen molar-refractivity contribution in [3.8, 4) is 5.75 Å². The van der Waals surface area contributed by atoms with E-state index in [0.717, 1.165) is 5.69 Å². The van der Waals surface area contributed by atoms with Gasteiger partial charge in [-0.15, -0.1) is 0 Å². The number of carbonyl (C=O) groups excluding carboxylic acids is 2. The van der Waals surface area contributed by atoms with Crippen molar-refractivity contribution in [2.75, 3.05) is 13.7 Å². The smallest absolute Gasteiger partial charge is 0.359 e. The summed E-state index contributed by atoms with van der Waals surface area (Å²) < 4.78 is 11.9. The minimum Gasteiger partial charge on any atom is -0.497 e. The minimum absolute atomic E-state index is 0.173. The van der Waals surface area contributed by atoms with Gasteiger partial charge in [-0.2, -0.15) is 0 Å². The molecule has 1 aromatic carbocycles. The first-order chi connectivity index (χ1) is 11.6. The first kappa shape index (κ1) is 15.7. The number of imidazole rings is 1. The van der Waals surface area contributed by atoms with Crippen molar-refractivity contribution < 1.29 is 19.1 Å². The van der Waals surface area contributed by atoms with Gasteiger partial charge in [0.1, 0.15) is 11.4 Å². The van der Waals surface area contributed by atoms with Crippen LogP contribution in [0.1, 0.15) is 26.5 Å². The third kappa shape index (κ3) is 3.12. The molecule has 0 atom stereocenters. The lowest BCUT2D eigenvalue weighted by molar-refractivity contribution is 0.0469. The molecule has 3 aromatic rings. The number of methoxy groups -OCH3 is 1. The number of pyridine rings is 1. The van der Waals surface area contributed by atoms with E-state index in [-0.39, 0.29) is 18.1 Å². The molecule has 0 spiro atoms. The Balaban J connectivity index is 1.67. The van der Waals surface area contributed by atoms with Gasteiger partial charge < -0.3 is 13.9 Å². The highest BCUT2D eigenvalue weighted by Gasteiger charge is 2.15. The summed E-state index contributed by atoms with van der Waals surface area (Å²) in [5.74, 6) is -0.255. The number of esters is 1. The molecule has 0 aliphatic rings. The van der Waals surface area contributed by atoms with Crippen LogP contribution in [0.25, 0.3) is 5.65 Å². The number of hydrogen-bond acceptors (Lipinski definition) is 5. The number of aromatic nitrogens is 2. The van der Waals surface area contributed by atoms with Gasteiger partial charge in [0.15, 0.2) is 18.1 Å². The molecule has 0 saturated carbocycles. The number of nitrogens with zero attached hydrogens (tertiary/aromatic N) is 2. The van der Waals surface area contributed by atoms with Gasteiger partial charge in [-0.05, 0) is 43.3 Å². The molecule has 6 heteroatoms. The van der Waals surface area contributed by atoms with Gasteiger partial charge in [-0.25, -0.2) is 9.78 Å². The van der Waals surface area contributed by atoms with Crippen molar-refractivity contribution in [3.05, 3.63) is 65.6 Å². The number of Topliss-reactive ketones (excluding diaryl/α,β-unsaturated/α-hetero) is 1. The number of hydrogen-bond donors (Lipinski definition) is 0. The van der Waals surface area contributed by atoms with Crippen molar-refractivity contribution >= 4 is 17.4 Å². The Morgan fingerprint density at radius 3 is 2.54 bits per heavy atom. The van der Waals surface area contributed by atoms with E-state index in [2.05, 4.69) is 4.98 Å². The molecule has 3 rings (SSSR count). The second-order valence-corrected chi connectivity index (χ2v) is 5.25. The van der Waals surface area contributed by atoms with Crippen LogP contribution < -0.4 is 4.74 Å². The van der Waals surface area contributed by atoms with Crippen LogP contribution in [0, 0.1) is 6.92 Å². The summed E-state index contributed by atoms with van der Waals surface area (Å²) in [6.45, 7) is 1.58. The second kappa shape index (κ2) is 6.54. The summed E-state index contributed by atoms with van der Waals surface area (Å²) in [6, 6.07) is 12.2. The zero-order valence-corrected chi connectivity index (χ0v) is 13.4. The third-order valence-corrected chi connectivity index (χ3v) is 3.65. The number of benzene rings is 1. The Bertz CT molecular complexity index is 897. The van der Waals surface area contributed by atoms with Crippen LogP contribution in [-0.2, 0) is 4.74 Å². The lowest BCUT2D eigenvalue weighted by Gasteiger charge is -2.04. The van der Waals surface area contributed by atoms with Crippen LogP contribution >= 0.6 is 0 Å². The van der Waals surface area contributed by atoms with Crippen molar-refractivity contribution in [2.45, 2.75) is 6.92 Å². The van der Waals surface area contributed by atoms with E-state index in [9.17, 15) is 9.59 Å². The van der Waals surface area contributed by atoms with Crippen LogP contribution in [0.5, 0.6) is 5.75 Å². The number of ether oxygens (including phenoxy) is 2. The minimum atomic E-state index is -0.625. The number of fused-ring (bicyclic) bond motifs is 1. The number of ketones is 1. The molecular weight excluding hydrogens is 308 g/mol. The molecule has 0 radical (unpaired) electrons. The molecule has 0 saturated heterocycles. The fourth-order valence-corrected chi connectivity index (χ4v) is 2.31. The Kier molecular flexibility index (Phi) is 4.29. The van der Waals surface area contributed by atoms with Crippen molar-refractivity contribution in [2.24, 2.45) is 0 Å². The van der Waals surface area contributed by atoms with Crippen LogP contribution in [0.2, 0.25) is 0 Å². The topological polar surface area (TPSA) is 69.9 Å². The summed E-state index contributed by atoms with van der Waals surface area (Å²) in [5.41, 5.74) is 2.23. The number of rotatable bonds is 5. The molecule has 6 nitrogen and oxygen atoms in total. The van der Waals surface area contributed by atoms with Crippen molar-refractivity contribution in [1.82, 2.24) is 9.38 Å². The zero-order chi connectivity index (χ0) is 17.1. The quantitative estimate of drug-likeness (QED) is 0.533. The summed E-state index contributed by atoms with van der Waals surface area (Å²) in [5, 5.41) is 0. The molecule has 2 heterocycles. The Morgan fingerprint density at radius 1 is 1.12 bits per heavy atom. The molecule has 0 bridgehead atoms. The maximum atomic E-state index is 12.1. The molecule has 0 fully saturated rings. The molecule has 0 amide bonds. The molecule has 0 aliphatic heterocycles. The summed E-state index contributed by atoms with van der Waals surface area (Å²) in [6.07, 6.45) is 1.60. The Hall–Kier alpha value is -3.15. The van der Waals surface area contributed by atoms with Gasteiger partial charge >= 0.3 is 5.97 Å². The standard InChI is InChI=1S/C18H16N2O4/c1-12-4-3-5-17-19-15(10-20(12)17)18(22)24-11-16(21)13-6-8-14(23-2)9-7-13/h3-10H,11H2,1-2H3. The van der Waals surface area contributed by atoms with E-state index in [0.29, 0.717) is 17.0 Å². The lowest BCUT2D eigenvalue weighted by atomic mass is 10.1. The second-order valence-electron chi connectivity index (χ2n) is 5.25. The molecule has 0 unspecified atom stereocenters. The van der Waals surface area contributed by atoms with E-state index in [4.69, 9.17) is 9.47 Å². The Labute approximate surface area is 138 Å². The first-order valence-electron chi connectivity index (χ1n) is 7.37. The average Bonchev–Trinajstić information content (AvgIpc) is 3.05. The molecule has 0 aliphatic carbocycles. The van der Waals surface area contributed by atoms with E-state index in [1.54, 1.807) is 48.0 Å². The van der Waals surface area contributed by atoms with Crippen LogP contribution in [0.4, 0.5) is 0 Å². The molecule has 24 heavy (non-hydrogen) atoms. The van der Waals surface area contributed by atoms with Gasteiger partial charge in [0.2, 0.25) is 0 Å². The van der Waals surface area contributed by atoms with Gasteiger partial charge in [0, 0.05) is 17.5 Å². The molecule has 122 valence electrons. The number of carbonyl (C=O) groups is 2. The van der Waals surface area contributed by atoms with Crippen LogP contribution in [-0.4, -0.2) is 34.9 Å². The van der Waals surface area contributed by atoms with Gasteiger partial charge in [-0.1, -0.05) is 6.07 Å². The highest BCUT2D eigenvalue weighted by molar-refractivity contribution is 5.99. The van der Waals surface area contributed by atoms with E-state index in [1.165, 1.54) is 0 Å². The lowest BCUT2D eigenvalue weighted by Crippen LogP contribution is -2.14. The Morgan fingerprint density at radius 2 is 1.88 bits per heavy atom. The largest absolute Gasteiger partial charge is 0.497 e. The van der Waals surface area contributed by atoms with Gasteiger partial charge in [-0.3, -0.25) is 4.79 Å². The van der Waals surface area contributed by atoms with Crippen molar-refractivity contribution in [1.29, 1.82) is 0 Å². The fourth-order valence-electron chi connectivity index (χ4n) is 2.31. The van der Waals surface area contributed by atoms with Gasteiger partial charge in [0.05, 0.1) is 7.11 Å². The van der Waals surface area contributed by atoms with E-state index in [1.807, 2.05) is 19.1 Å². The maximum absolute atomic E-state index is 12.1. The highest BCUT2D eigenvalue weighted by atomic mass is 16.5. The first-order valence-corrected chi connectivity index (χ1v) is 7.37. The van der Waals surface area contributed by atoms with Crippen molar-refractivity contribution in [3.63, 3.8) is 0 Å². The fraction of sp³-hybridized carbons (Fsp3) is 0.167. The number of aryl methyl sites for hydroxylation is 1. The monoisotopic (exact) mass is 324 g/mol. The third-order valence-electron chi connectivity index (χ3n) is 3.65. The normalized spacial score (nSPS) is 10.6. The van der Waals surface area contributed by atoms with Crippen LogP contribution in [0.3, 0.4) is 0 Å². The molecule has 2 aromatic heterocycles. The molecular formula is C18H16N2O4. The highest BCUT2D eigenvalue weighted by Crippen LogP contribution is 2.13. The predicted octanol–water partition coefficient (Wildman–Crippen LogP) is 2.69. The summed E-state index contributed by atoms with van der Waals surface area (Å²) >= 11 is 0. The maximum Gasteiger partial charge on any atom is 0.359 e. The molecule has 0 N–H and O–H groups in total. The van der Waals surface area contributed by atoms with Gasteiger partial charge in [0.25, 0.3) is 0 Å². The SMILES string of the molecule is COc1ccc(C(=O)COC(=O)c2cn3c(C)cccc3n2)cc1. The predicted molar refractivity (Wildman–Crippen MR) is 87.5 cm³/mol. The van der Waals surface area contributed by atoms with Crippen LogP contribution in [0.15, 0.2) is 48.7 Å².